The van der Waals surface area contributed by atoms with Crippen LogP contribution in [0, 0.1) is 20.8 Å². The fourth-order valence-corrected chi connectivity index (χ4v) is 4.25. The van der Waals surface area contributed by atoms with Crippen LogP contribution in [0.4, 0.5) is 5.69 Å². The van der Waals surface area contributed by atoms with E-state index >= 15 is 0 Å². The van der Waals surface area contributed by atoms with E-state index < -0.39 is 10.0 Å². The van der Waals surface area contributed by atoms with Gasteiger partial charge in [0.2, 0.25) is 0 Å². The molecule has 0 aliphatic rings. The van der Waals surface area contributed by atoms with E-state index in [2.05, 4.69) is 4.72 Å². The van der Waals surface area contributed by atoms with Crippen LogP contribution in [0.2, 0.25) is 0 Å². The Morgan fingerprint density at radius 3 is 2.17 bits per heavy atom. The van der Waals surface area contributed by atoms with Gasteiger partial charge < -0.3 is 4.90 Å². The summed E-state index contributed by atoms with van der Waals surface area (Å²) in [5, 5.41) is 0. The number of hydrogen-bond acceptors (Lipinski definition) is 3. The number of carbonyl (C=O) groups is 1. The van der Waals surface area contributed by atoms with Gasteiger partial charge in [-0.05, 0) is 79.4 Å². The van der Waals surface area contributed by atoms with E-state index in [1.165, 1.54) is 0 Å². The van der Waals surface area contributed by atoms with Crippen molar-refractivity contribution >= 4 is 21.6 Å². The van der Waals surface area contributed by atoms with Crippen molar-refractivity contribution in [3.63, 3.8) is 0 Å². The van der Waals surface area contributed by atoms with E-state index in [4.69, 9.17) is 0 Å². The minimum absolute atomic E-state index is 0.123. The van der Waals surface area contributed by atoms with Gasteiger partial charge in [-0.3, -0.25) is 9.52 Å². The first-order valence-electron chi connectivity index (χ1n) is 9.67. The zero-order valence-electron chi connectivity index (χ0n) is 17.6. The Hall–Kier alpha value is -3.12. The highest BCUT2D eigenvalue weighted by Crippen LogP contribution is 2.20. The molecule has 0 saturated carbocycles. The lowest BCUT2D eigenvalue weighted by Gasteiger charge is -2.19. The van der Waals surface area contributed by atoms with Crippen molar-refractivity contribution in [3.05, 3.63) is 94.5 Å². The van der Waals surface area contributed by atoms with Gasteiger partial charge in [-0.2, -0.15) is 0 Å². The van der Waals surface area contributed by atoms with Crippen LogP contribution in [0.1, 0.15) is 32.6 Å². The maximum Gasteiger partial charge on any atom is 0.261 e. The van der Waals surface area contributed by atoms with Crippen molar-refractivity contribution in [3.8, 4) is 0 Å². The van der Waals surface area contributed by atoms with Crippen molar-refractivity contribution in [1.82, 2.24) is 4.90 Å². The van der Waals surface area contributed by atoms with Crippen LogP contribution in [0.15, 0.2) is 71.6 Å². The summed E-state index contributed by atoms with van der Waals surface area (Å²) in [4.78, 5) is 14.6. The smallest absolute Gasteiger partial charge is 0.261 e. The van der Waals surface area contributed by atoms with Crippen LogP contribution in [-0.4, -0.2) is 26.3 Å². The van der Waals surface area contributed by atoms with Gasteiger partial charge in [-0.15, -0.1) is 0 Å². The van der Waals surface area contributed by atoms with Crippen LogP contribution in [0.25, 0.3) is 0 Å². The number of rotatable bonds is 6. The van der Waals surface area contributed by atoms with Gasteiger partial charge in [0, 0.05) is 24.8 Å². The number of amides is 1. The summed E-state index contributed by atoms with van der Waals surface area (Å²) in [5.41, 5.74) is 5.08. The molecule has 5 nitrogen and oxygen atoms in total. The van der Waals surface area contributed by atoms with Gasteiger partial charge in [0.25, 0.3) is 15.9 Å². The molecule has 0 atom stereocenters. The second-order valence-electron chi connectivity index (χ2n) is 7.52. The molecular formula is C24H26N2O3S. The number of carbonyl (C=O) groups excluding carboxylic acids is 1. The molecule has 3 rings (SSSR count). The van der Waals surface area contributed by atoms with Crippen molar-refractivity contribution in [2.24, 2.45) is 0 Å². The summed E-state index contributed by atoms with van der Waals surface area (Å²) in [6.07, 6.45) is 0. The van der Waals surface area contributed by atoms with Crippen LogP contribution < -0.4 is 4.72 Å². The summed E-state index contributed by atoms with van der Waals surface area (Å²) in [7, 11) is -1.94. The van der Waals surface area contributed by atoms with E-state index in [1.807, 2.05) is 45.0 Å². The first kappa shape index (κ1) is 21.6. The molecule has 0 aromatic heterocycles. The number of sulfonamides is 1. The Labute approximate surface area is 178 Å². The number of anilines is 1. The van der Waals surface area contributed by atoms with E-state index in [0.717, 1.165) is 22.3 Å². The first-order valence-corrected chi connectivity index (χ1v) is 11.2. The molecule has 0 radical (unpaired) electrons. The van der Waals surface area contributed by atoms with Gasteiger partial charge >= 0.3 is 0 Å². The monoisotopic (exact) mass is 422 g/mol. The molecule has 0 unspecified atom stereocenters. The van der Waals surface area contributed by atoms with Gasteiger partial charge in [-0.25, -0.2) is 8.42 Å². The van der Waals surface area contributed by atoms with Crippen molar-refractivity contribution < 1.29 is 13.2 Å². The Morgan fingerprint density at radius 2 is 1.53 bits per heavy atom. The maximum atomic E-state index is 12.7. The van der Waals surface area contributed by atoms with Crippen LogP contribution in [0.5, 0.6) is 0 Å². The van der Waals surface area contributed by atoms with Gasteiger partial charge in [0.05, 0.1) is 4.90 Å². The second-order valence-corrected chi connectivity index (χ2v) is 9.20. The molecule has 0 fully saturated rings. The molecule has 1 N–H and O–H groups in total. The Morgan fingerprint density at radius 1 is 0.867 bits per heavy atom. The summed E-state index contributed by atoms with van der Waals surface area (Å²) in [6, 6.07) is 19.4. The number of hydrogen-bond donors (Lipinski definition) is 1. The molecule has 3 aromatic carbocycles. The number of aryl methyl sites for hydroxylation is 3. The zero-order valence-corrected chi connectivity index (χ0v) is 18.5. The Bertz CT molecular complexity index is 1170. The van der Waals surface area contributed by atoms with Crippen LogP contribution in [-0.2, 0) is 16.6 Å². The fraction of sp³-hybridized carbons (Fsp3) is 0.208. The third kappa shape index (κ3) is 4.89. The molecule has 0 saturated heterocycles. The highest BCUT2D eigenvalue weighted by Gasteiger charge is 2.16. The highest BCUT2D eigenvalue weighted by atomic mass is 32.2. The predicted molar refractivity (Wildman–Crippen MR) is 120 cm³/mol. The van der Waals surface area contributed by atoms with Crippen molar-refractivity contribution in [2.45, 2.75) is 32.2 Å². The fourth-order valence-electron chi connectivity index (χ4n) is 3.11. The van der Waals surface area contributed by atoms with Crippen molar-refractivity contribution in [2.75, 3.05) is 11.8 Å². The maximum absolute atomic E-state index is 12.7. The van der Waals surface area contributed by atoms with E-state index in [0.29, 0.717) is 17.8 Å². The second kappa shape index (κ2) is 8.71. The highest BCUT2D eigenvalue weighted by molar-refractivity contribution is 7.92. The third-order valence-corrected chi connectivity index (χ3v) is 6.57. The van der Waals surface area contributed by atoms with Crippen LogP contribution >= 0.6 is 0 Å². The number of nitrogens with one attached hydrogen (secondary N) is 1. The summed E-state index contributed by atoms with van der Waals surface area (Å²) in [5.74, 6) is -0.123. The van der Waals surface area contributed by atoms with Gasteiger partial charge in [0.15, 0.2) is 0 Å². The lowest BCUT2D eigenvalue weighted by Crippen LogP contribution is -2.26. The van der Waals surface area contributed by atoms with Crippen LogP contribution in [0.3, 0.4) is 0 Å². The van der Waals surface area contributed by atoms with Crippen molar-refractivity contribution in [1.29, 1.82) is 0 Å². The summed E-state index contributed by atoms with van der Waals surface area (Å²) >= 11 is 0. The predicted octanol–water partition coefficient (Wildman–Crippen LogP) is 4.68. The molecule has 0 aliphatic heterocycles. The molecule has 3 aromatic rings. The average Bonchev–Trinajstić information content (AvgIpc) is 2.71. The van der Waals surface area contributed by atoms with E-state index in [9.17, 15) is 13.2 Å². The Balaban J connectivity index is 1.71. The van der Waals surface area contributed by atoms with E-state index in [-0.39, 0.29) is 10.8 Å². The molecule has 0 heterocycles. The molecule has 0 spiro atoms. The minimum atomic E-state index is -3.69. The topological polar surface area (TPSA) is 66.5 Å². The minimum Gasteiger partial charge on any atom is -0.337 e. The number of benzene rings is 3. The quantitative estimate of drug-likeness (QED) is 0.627. The third-order valence-electron chi connectivity index (χ3n) is 5.19. The lowest BCUT2D eigenvalue weighted by molar-refractivity contribution is 0.0785. The summed E-state index contributed by atoms with van der Waals surface area (Å²) in [6.45, 7) is 6.34. The SMILES string of the molecule is Cc1ccc(S(=O)(=O)Nc2ccc(C(=O)N(C)Cc3ccccc3C)cc2)cc1C. The molecule has 1 amide bonds. The normalized spacial score (nSPS) is 11.2. The Kier molecular flexibility index (Phi) is 6.27. The average molecular weight is 423 g/mol. The molecule has 156 valence electrons. The first-order chi connectivity index (χ1) is 14.2. The molecule has 6 heteroatoms. The summed E-state index contributed by atoms with van der Waals surface area (Å²) < 4.78 is 27.9. The van der Waals surface area contributed by atoms with E-state index in [1.54, 1.807) is 54.4 Å². The lowest BCUT2D eigenvalue weighted by atomic mass is 10.1. The molecule has 0 bridgehead atoms. The standard InChI is InChI=1S/C24H26N2O3S/c1-17-9-14-23(15-19(17)3)30(28,29)25-22-12-10-20(11-13-22)24(27)26(4)16-21-8-6-5-7-18(21)2/h5-15,25H,16H2,1-4H3. The molecular weight excluding hydrogens is 396 g/mol. The molecule has 0 aliphatic carbocycles. The molecule has 30 heavy (non-hydrogen) atoms. The van der Waals surface area contributed by atoms with Gasteiger partial charge in [0.1, 0.15) is 0 Å². The zero-order chi connectivity index (χ0) is 21.9. The van der Waals surface area contributed by atoms with Gasteiger partial charge in [-0.1, -0.05) is 30.3 Å². The largest absolute Gasteiger partial charge is 0.337 e. The number of nitrogens with zero attached hydrogens (tertiary/aromatic N) is 1.